The third-order valence-electron chi connectivity index (χ3n) is 6.39. The molecular formula is C29H27N3O4. The minimum atomic E-state index is -1.43. The molecule has 182 valence electrons. The maximum Gasteiger partial charge on any atom is 0.269 e. The van der Waals surface area contributed by atoms with Crippen LogP contribution in [0.2, 0.25) is 0 Å². The highest BCUT2D eigenvalue weighted by Gasteiger charge is 2.24. The highest BCUT2D eigenvalue weighted by Crippen LogP contribution is 2.32. The van der Waals surface area contributed by atoms with Gasteiger partial charge in [-0.15, -0.1) is 0 Å². The predicted octanol–water partition coefficient (Wildman–Crippen LogP) is 5.58. The van der Waals surface area contributed by atoms with Crippen molar-refractivity contribution in [3.05, 3.63) is 118 Å². The molecule has 0 fully saturated rings. The zero-order chi connectivity index (χ0) is 25.1. The van der Waals surface area contributed by atoms with Crippen LogP contribution in [0.15, 0.2) is 97.1 Å². The fourth-order valence-electron chi connectivity index (χ4n) is 4.54. The molecule has 2 N–H and O–H groups in total. The van der Waals surface area contributed by atoms with Crippen molar-refractivity contribution in [2.24, 2.45) is 0 Å². The summed E-state index contributed by atoms with van der Waals surface area (Å²) in [6.45, 7) is 2.98. The number of rotatable bonds is 9. The number of aromatic nitrogens is 1. The number of ether oxygens (including phenoxy) is 1. The first-order valence-corrected chi connectivity index (χ1v) is 11.8. The molecule has 0 amide bonds. The Kier molecular flexibility index (Phi) is 6.41. The molecule has 0 unspecified atom stereocenters. The molecule has 0 bridgehead atoms. The van der Waals surface area contributed by atoms with E-state index in [-0.39, 0.29) is 5.69 Å². The van der Waals surface area contributed by atoms with Crippen LogP contribution >= 0.6 is 0 Å². The van der Waals surface area contributed by atoms with Crippen molar-refractivity contribution >= 4 is 27.5 Å². The zero-order valence-corrected chi connectivity index (χ0v) is 19.9. The number of nitro groups is 1. The second-order valence-electron chi connectivity index (χ2n) is 8.92. The minimum absolute atomic E-state index is 0.0648. The van der Waals surface area contributed by atoms with E-state index in [1.165, 1.54) is 34.0 Å². The summed E-state index contributed by atoms with van der Waals surface area (Å²) in [7, 11) is 0. The number of non-ortho nitro benzene ring substituents is 1. The predicted molar refractivity (Wildman–Crippen MR) is 141 cm³/mol. The molecule has 0 aliphatic heterocycles. The van der Waals surface area contributed by atoms with E-state index in [2.05, 4.69) is 58.4 Å². The van der Waals surface area contributed by atoms with Gasteiger partial charge in [0, 0.05) is 53.1 Å². The van der Waals surface area contributed by atoms with Crippen molar-refractivity contribution in [2.45, 2.75) is 19.2 Å². The van der Waals surface area contributed by atoms with Gasteiger partial charge in [-0.25, -0.2) is 0 Å². The van der Waals surface area contributed by atoms with Crippen molar-refractivity contribution in [3.8, 4) is 5.75 Å². The highest BCUT2D eigenvalue weighted by atomic mass is 16.6. The van der Waals surface area contributed by atoms with Crippen molar-refractivity contribution in [1.82, 2.24) is 9.88 Å². The molecule has 0 spiro atoms. The van der Waals surface area contributed by atoms with Gasteiger partial charge in [-0.3, -0.25) is 15.4 Å². The number of nitro benzene ring substituents is 1. The highest BCUT2D eigenvalue weighted by molar-refractivity contribution is 6.08. The maximum absolute atomic E-state index is 11.1. The fraction of sp³-hybridized carbons (Fsp3) is 0.172. The summed E-state index contributed by atoms with van der Waals surface area (Å²) < 4.78 is 8.32. The maximum atomic E-state index is 11.1. The molecule has 0 aliphatic carbocycles. The van der Waals surface area contributed by atoms with E-state index in [9.17, 15) is 15.2 Å². The molecule has 5 aromatic rings. The van der Waals surface area contributed by atoms with Crippen molar-refractivity contribution in [2.75, 3.05) is 13.2 Å². The Balaban J connectivity index is 1.32. The minimum Gasteiger partial charge on any atom is -0.492 e. The Morgan fingerprint density at radius 2 is 1.67 bits per heavy atom. The van der Waals surface area contributed by atoms with Crippen LogP contribution in [0.5, 0.6) is 5.75 Å². The summed E-state index contributed by atoms with van der Waals surface area (Å²) in [6, 6.07) is 30.8. The number of nitrogens with one attached hydrogen (secondary N) is 1. The summed E-state index contributed by atoms with van der Waals surface area (Å²) in [6.07, 6.45) is 0. The van der Waals surface area contributed by atoms with Crippen molar-refractivity contribution in [1.29, 1.82) is 0 Å². The van der Waals surface area contributed by atoms with Gasteiger partial charge in [-0.1, -0.05) is 60.7 Å². The first kappa shape index (κ1) is 23.5. The molecule has 5 rings (SSSR count). The number of fused-ring (bicyclic) bond motifs is 3. The molecule has 1 heterocycles. The third kappa shape index (κ3) is 4.79. The molecule has 7 nitrogen and oxygen atoms in total. The number of nitrogens with zero attached hydrogens (tertiary/aromatic N) is 2. The average Bonchev–Trinajstić information content (AvgIpc) is 3.20. The molecule has 36 heavy (non-hydrogen) atoms. The summed E-state index contributed by atoms with van der Waals surface area (Å²) in [5.41, 5.74) is 2.41. The second kappa shape index (κ2) is 9.81. The Morgan fingerprint density at radius 1 is 0.917 bits per heavy atom. The average molecular weight is 482 g/mol. The lowest BCUT2D eigenvalue weighted by molar-refractivity contribution is -0.385. The van der Waals surface area contributed by atoms with E-state index in [0.717, 1.165) is 17.8 Å². The zero-order valence-electron chi connectivity index (χ0n) is 19.9. The van der Waals surface area contributed by atoms with Crippen LogP contribution in [0.3, 0.4) is 0 Å². The quantitative estimate of drug-likeness (QED) is 0.124. The molecule has 1 atom stereocenters. The number of hydrogen-bond acceptors (Lipinski definition) is 5. The van der Waals surface area contributed by atoms with Crippen LogP contribution in [-0.4, -0.2) is 27.7 Å². The SMILES string of the molecule is C[C@](O)(NCCOc1ccc2c3ccccc3n(Cc3ccccc3)c2c1)c1cccc([N+](=O)[O-])c1. The molecular weight excluding hydrogens is 454 g/mol. The first-order valence-electron chi connectivity index (χ1n) is 11.8. The van der Waals surface area contributed by atoms with Crippen molar-refractivity contribution < 1.29 is 14.8 Å². The lowest BCUT2D eigenvalue weighted by Crippen LogP contribution is -2.41. The van der Waals surface area contributed by atoms with Gasteiger partial charge in [0.05, 0.1) is 10.4 Å². The summed E-state index contributed by atoms with van der Waals surface area (Å²) in [4.78, 5) is 10.6. The standard InChI is InChI=1S/C29H27N3O4/c1-29(33,22-10-7-11-23(18-22)32(34)35)30-16-17-36-24-14-15-26-25-12-5-6-13-27(25)31(28(26)19-24)20-21-8-3-2-4-9-21/h2-15,18-19,30,33H,16-17,20H2,1H3/t29-/m1/s1. The van der Waals surface area contributed by atoms with E-state index >= 15 is 0 Å². The molecule has 0 saturated carbocycles. The molecule has 7 heteroatoms. The fourth-order valence-corrected chi connectivity index (χ4v) is 4.54. The normalized spacial score (nSPS) is 13.1. The van der Waals surface area contributed by atoms with Crippen LogP contribution in [0.4, 0.5) is 5.69 Å². The molecule has 4 aromatic carbocycles. The van der Waals surface area contributed by atoms with Gasteiger partial charge in [0.2, 0.25) is 0 Å². The second-order valence-corrected chi connectivity index (χ2v) is 8.92. The summed E-state index contributed by atoms with van der Waals surface area (Å²) in [5.74, 6) is 0.733. The molecule has 1 aromatic heterocycles. The van der Waals surface area contributed by atoms with Crippen LogP contribution in [0.25, 0.3) is 21.8 Å². The Bertz CT molecular complexity index is 1530. The monoisotopic (exact) mass is 481 g/mol. The Morgan fingerprint density at radius 3 is 2.47 bits per heavy atom. The smallest absolute Gasteiger partial charge is 0.269 e. The van der Waals surface area contributed by atoms with Crippen LogP contribution < -0.4 is 10.1 Å². The molecule has 0 saturated heterocycles. The summed E-state index contributed by atoms with van der Waals surface area (Å²) >= 11 is 0. The van der Waals surface area contributed by atoms with E-state index in [4.69, 9.17) is 4.74 Å². The van der Waals surface area contributed by atoms with Gasteiger partial charge in [0.1, 0.15) is 18.1 Å². The topological polar surface area (TPSA) is 89.6 Å². The lowest BCUT2D eigenvalue weighted by atomic mass is 10.0. The number of benzene rings is 4. The Labute approximate surface area is 208 Å². The largest absolute Gasteiger partial charge is 0.492 e. The molecule has 0 aliphatic rings. The van der Waals surface area contributed by atoms with Crippen molar-refractivity contribution in [3.63, 3.8) is 0 Å². The third-order valence-corrected chi connectivity index (χ3v) is 6.39. The number of hydrogen-bond donors (Lipinski definition) is 2. The van der Waals surface area contributed by atoms with Gasteiger partial charge in [-0.05, 0) is 30.7 Å². The first-order chi connectivity index (χ1) is 17.4. The van der Waals surface area contributed by atoms with E-state index in [1.807, 2.05) is 24.3 Å². The van der Waals surface area contributed by atoms with E-state index < -0.39 is 10.6 Å². The van der Waals surface area contributed by atoms with E-state index in [1.54, 1.807) is 19.1 Å². The lowest BCUT2D eigenvalue weighted by Gasteiger charge is -2.25. The number of para-hydroxylation sites is 1. The van der Waals surface area contributed by atoms with Crippen LogP contribution in [-0.2, 0) is 12.3 Å². The van der Waals surface area contributed by atoms with Gasteiger partial charge in [-0.2, -0.15) is 0 Å². The number of aliphatic hydroxyl groups is 1. The van der Waals surface area contributed by atoms with Gasteiger partial charge in [0.25, 0.3) is 5.69 Å². The molecule has 0 radical (unpaired) electrons. The van der Waals surface area contributed by atoms with Crippen LogP contribution in [0.1, 0.15) is 18.1 Å². The van der Waals surface area contributed by atoms with Gasteiger partial charge < -0.3 is 14.4 Å². The van der Waals surface area contributed by atoms with Gasteiger partial charge >= 0.3 is 0 Å². The Hall–Kier alpha value is -4.20. The van der Waals surface area contributed by atoms with E-state index in [0.29, 0.717) is 18.7 Å². The summed E-state index contributed by atoms with van der Waals surface area (Å²) in [5, 5.41) is 27.2. The van der Waals surface area contributed by atoms with Crippen LogP contribution in [0, 0.1) is 10.1 Å². The van der Waals surface area contributed by atoms with Gasteiger partial charge in [0.15, 0.2) is 0 Å².